The van der Waals surface area contributed by atoms with Crippen LogP contribution in [-0.2, 0) is 59.6 Å². The molecular formula is C56H68Cl5F2N8O18PS2. The van der Waals surface area contributed by atoms with E-state index in [0.29, 0.717) is 30.1 Å². The van der Waals surface area contributed by atoms with Crippen molar-refractivity contribution in [1.82, 2.24) is 14.3 Å². The fourth-order valence-electron chi connectivity index (χ4n) is 8.85. The fraction of sp³-hybridized carbons (Fsp3) is 0.429. The Bertz CT molecular complexity index is 3860. The number of nitro groups is 1. The van der Waals surface area contributed by atoms with Crippen LogP contribution < -0.4 is 30.7 Å². The van der Waals surface area contributed by atoms with Gasteiger partial charge in [0.05, 0.1) is 73.1 Å². The molecule has 0 spiro atoms. The first kappa shape index (κ1) is 79.8. The van der Waals surface area contributed by atoms with Crippen molar-refractivity contribution in [2.45, 2.75) is 101 Å². The number of sulfonamides is 1. The second kappa shape index (κ2) is 35.2. The van der Waals surface area contributed by atoms with Crippen LogP contribution in [0.15, 0.2) is 82.5 Å². The predicted molar refractivity (Wildman–Crippen MR) is 346 cm³/mol. The number of halogens is 7. The van der Waals surface area contributed by atoms with Gasteiger partial charge < -0.3 is 35.0 Å². The van der Waals surface area contributed by atoms with E-state index in [1.165, 1.54) is 19.7 Å². The monoisotopic (exact) mass is 1450 g/mol. The average Bonchev–Trinajstić information content (AvgIpc) is 1.35. The van der Waals surface area contributed by atoms with Crippen LogP contribution in [0.5, 0.6) is 5.75 Å². The fourth-order valence-corrected chi connectivity index (χ4v) is 11.7. The molecule has 2 amide bonds. The number of aliphatic carboxylic acids is 1. The third-order valence-electron chi connectivity index (χ3n) is 13.2. The number of para-hydroxylation sites is 3. The molecule has 4 aromatic carbocycles. The highest BCUT2D eigenvalue weighted by Gasteiger charge is 2.40. The number of amides is 2. The summed E-state index contributed by atoms with van der Waals surface area (Å²) in [4.78, 5) is 103. The molecule has 1 aliphatic heterocycles. The molecule has 4 unspecified atom stereocenters. The van der Waals surface area contributed by atoms with Gasteiger partial charge in [-0.1, -0.05) is 83.7 Å². The molecule has 506 valence electrons. The van der Waals surface area contributed by atoms with Gasteiger partial charge in [0.2, 0.25) is 15.9 Å². The highest BCUT2D eigenvalue weighted by atomic mass is 35.5. The van der Waals surface area contributed by atoms with E-state index in [1.54, 1.807) is 16.9 Å². The molecule has 2 aliphatic rings. The van der Waals surface area contributed by atoms with E-state index in [9.17, 15) is 73.9 Å². The van der Waals surface area contributed by atoms with Crippen molar-refractivity contribution in [3.05, 3.63) is 126 Å². The number of carboxylic acid groups (broad SMARTS) is 1. The van der Waals surface area contributed by atoms with Crippen molar-refractivity contribution < 1.29 is 83.3 Å². The Labute approximate surface area is 553 Å². The van der Waals surface area contributed by atoms with Crippen LogP contribution in [0, 0.1) is 29.9 Å². The average molecular weight is 1450 g/mol. The number of nitrogens with one attached hydrogen (secondary N) is 1. The van der Waals surface area contributed by atoms with Crippen molar-refractivity contribution in [3.8, 4) is 11.4 Å². The molecule has 1 saturated carbocycles. The van der Waals surface area contributed by atoms with E-state index in [-0.39, 0.29) is 91.9 Å². The lowest BCUT2D eigenvalue weighted by molar-refractivity contribution is -0.385. The highest BCUT2D eigenvalue weighted by Crippen LogP contribution is 2.37. The number of carboxylic acids is 1. The van der Waals surface area contributed by atoms with Gasteiger partial charge in [-0.3, -0.25) is 48.2 Å². The number of aromatic nitrogens is 3. The molecule has 2 heterocycles. The zero-order chi connectivity index (χ0) is 70.1. The second-order valence-corrected chi connectivity index (χ2v) is 29.1. The standard InChI is InChI=1S/C15H22ClNO2.C14H13NO7S.C11H10Cl2F2N4O3S.C11H11Cl2NO2.C5H12NO4P/c1-5-13-8-6-7-11(2)15(13)17(14(18)9-16)12(3)10-19-4;1-23(21,22)8-5-6-9(10(7-8)15(19)20)14(18)13-11(16)3-2-4-12(13)17;1-5-16-19(11(20)18(5)10(14)15)9-4-8(17-23(2,21)22)6(12)3-7(9)13;1-7-6-16-9-5-3-2-4-8(9)14(7)11(15)10(12)13;1-11(9,10)3-2-4(6)5(7)8/h6-8,12H,5,9-10H2,1-4H3;5-7,13H,2-4H2,1H3;3-4,10,17H,1-2H3;2-5,7,10H,6H2,1H3;4H,2-3,6H2,1H3,(H,7,8)(H,9,10). The van der Waals surface area contributed by atoms with E-state index in [0.717, 1.165) is 65.7 Å². The number of ketones is 3. The van der Waals surface area contributed by atoms with Crippen molar-refractivity contribution in [2.75, 3.05) is 66.1 Å². The normalized spacial score (nSPS) is 15.2. The first-order valence-electron chi connectivity index (χ1n) is 27.2. The van der Waals surface area contributed by atoms with Gasteiger partial charge in [0, 0.05) is 45.1 Å². The molecule has 7 rings (SSSR count). The van der Waals surface area contributed by atoms with Gasteiger partial charge in [-0.25, -0.2) is 26.2 Å². The van der Waals surface area contributed by atoms with E-state index < -0.39 is 95.8 Å². The van der Waals surface area contributed by atoms with Gasteiger partial charge in [-0.2, -0.15) is 13.5 Å². The summed E-state index contributed by atoms with van der Waals surface area (Å²) >= 11 is 28.8. The van der Waals surface area contributed by atoms with Crippen molar-refractivity contribution in [1.29, 1.82) is 0 Å². The number of Topliss-reactive ketones (excluding diaryl/α,β-unsaturated/α-hetero) is 3. The van der Waals surface area contributed by atoms with Gasteiger partial charge in [0.25, 0.3) is 11.6 Å². The number of nitro benzene ring substituents is 1. The van der Waals surface area contributed by atoms with E-state index in [2.05, 4.69) is 22.8 Å². The Hall–Kier alpha value is -6.44. The molecule has 1 aromatic heterocycles. The number of carbonyl (C=O) groups excluding carboxylic acids is 5. The lowest BCUT2D eigenvalue weighted by Gasteiger charge is -2.35. The molecule has 0 bridgehead atoms. The van der Waals surface area contributed by atoms with E-state index >= 15 is 0 Å². The minimum absolute atomic E-state index is 0.0223. The number of methoxy groups -OCH3 is 1. The number of nitrogens with zero attached hydrogens (tertiary/aromatic N) is 6. The summed E-state index contributed by atoms with van der Waals surface area (Å²) in [6, 6.07) is 17.4. The number of ether oxygens (including phenoxy) is 2. The maximum Gasteiger partial charge on any atom is 0.355 e. The van der Waals surface area contributed by atoms with Crippen molar-refractivity contribution >= 4 is 143 Å². The summed E-state index contributed by atoms with van der Waals surface area (Å²) in [6.07, 6.45) is 3.15. The summed E-state index contributed by atoms with van der Waals surface area (Å²) in [5.74, 6) is -4.72. The molecule has 0 saturated heterocycles. The molecular weight excluding hydrogens is 1380 g/mol. The smallest absolute Gasteiger partial charge is 0.355 e. The number of hydrogen-bond acceptors (Lipinski definition) is 18. The third-order valence-corrected chi connectivity index (χ3v) is 17.2. The van der Waals surface area contributed by atoms with Crippen LogP contribution in [0.2, 0.25) is 10.0 Å². The van der Waals surface area contributed by atoms with Gasteiger partial charge >= 0.3 is 18.2 Å². The molecule has 0 radical (unpaired) electrons. The maximum absolute atomic E-state index is 12.8. The second-order valence-electron chi connectivity index (χ2n) is 20.6. The summed E-state index contributed by atoms with van der Waals surface area (Å²) in [5, 5.41) is 23.0. The Kier molecular flexibility index (Phi) is 30.5. The van der Waals surface area contributed by atoms with Gasteiger partial charge in [0.1, 0.15) is 36.0 Å². The number of alkyl halides is 5. The number of benzene rings is 4. The van der Waals surface area contributed by atoms with Crippen LogP contribution >= 0.6 is 65.4 Å². The SMILES string of the molecule is CC1COc2ccccc2N1C(=O)C(Cl)Cl.CCc1cccc(C)c1N(C(=O)CCl)C(C)COC.CP(=O)(O)CCC(N)C(=O)O.CS(=O)(=O)c1ccc(C(=O)C2C(=O)CCCC2=O)c([N+](=O)[O-])c1.Cc1nn(-c2cc(NS(C)(=O)=O)c(Cl)cc2Cl)c(=O)n1C(F)F. The van der Waals surface area contributed by atoms with Crippen LogP contribution in [0.4, 0.5) is 31.5 Å². The number of hydrogen-bond donors (Lipinski definition) is 4. The Morgan fingerprint density at radius 1 is 0.967 bits per heavy atom. The lowest BCUT2D eigenvalue weighted by Crippen LogP contribution is -2.47. The molecule has 5 aromatic rings. The minimum atomic E-state index is -3.70. The lowest BCUT2D eigenvalue weighted by atomic mass is 9.81. The van der Waals surface area contributed by atoms with Gasteiger partial charge in [-0.05, 0) is 94.5 Å². The molecule has 4 atom stereocenters. The molecule has 1 fully saturated rings. The summed E-state index contributed by atoms with van der Waals surface area (Å²) in [6.45, 7) is 8.24. The largest absolute Gasteiger partial charge is 0.489 e. The highest BCUT2D eigenvalue weighted by molar-refractivity contribution is 7.92. The molecule has 92 heavy (non-hydrogen) atoms. The topological polar surface area (TPSA) is 374 Å². The van der Waals surface area contributed by atoms with Crippen LogP contribution in [-0.4, -0.2) is 156 Å². The number of nitrogens with two attached hydrogens (primary N) is 1. The first-order valence-corrected chi connectivity index (χ1v) is 35.5. The summed E-state index contributed by atoms with van der Waals surface area (Å²) in [7, 11) is -8.81. The molecule has 1 aliphatic carbocycles. The number of anilines is 3. The number of carbonyl (C=O) groups is 6. The van der Waals surface area contributed by atoms with Crippen molar-refractivity contribution in [3.63, 3.8) is 0 Å². The quantitative estimate of drug-likeness (QED) is 0.0149. The maximum atomic E-state index is 12.8. The van der Waals surface area contributed by atoms with Gasteiger partial charge in [-0.15, -0.1) is 16.7 Å². The first-order chi connectivity index (χ1) is 42.6. The summed E-state index contributed by atoms with van der Waals surface area (Å²) < 4.78 is 95.6. The summed E-state index contributed by atoms with van der Waals surface area (Å²) in [5.41, 5.74) is 6.58. The number of sulfone groups is 1. The predicted octanol–water partition coefficient (Wildman–Crippen LogP) is 8.99. The number of aryl methyl sites for hydroxylation is 3. The number of fused-ring (bicyclic) bond motifs is 1. The number of rotatable bonds is 19. The zero-order valence-electron chi connectivity index (χ0n) is 50.9. The van der Waals surface area contributed by atoms with E-state index in [1.807, 2.05) is 57.2 Å². The minimum Gasteiger partial charge on any atom is -0.489 e. The van der Waals surface area contributed by atoms with Crippen LogP contribution in [0.1, 0.15) is 80.3 Å². The Morgan fingerprint density at radius 3 is 2.08 bits per heavy atom. The van der Waals surface area contributed by atoms with E-state index in [4.69, 9.17) is 83.2 Å². The molecule has 36 heteroatoms. The van der Waals surface area contributed by atoms with Crippen molar-refractivity contribution in [2.24, 2.45) is 11.7 Å². The third kappa shape index (κ3) is 22.7. The zero-order valence-corrected chi connectivity index (χ0v) is 57.2. The van der Waals surface area contributed by atoms with Crippen LogP contribution in [0.3, 0.4) is 0 Å². The van der Waals surface area contributed by atoms with Gasteiger partial charge in [0.15, 0.2) is 39.4 Å². The Morgan fingerprint density at radius 2 is 1.58 bits per heavy atom. The molecule has 5 N–H and O–H groups in total. The van der Waals surface area contributed by atoms with Crippen LogP contribution in [0.25, 0.3) is 5.69 Å². The Balaban J connectivity index is 0.000000306. The molecule has 26 nitrogen and oxygen atoms in total.